The number of nitriles is 1. The van der Waals surface area contributed by atoms with Crippen LogP contribution in [0, 0.1) is 11.3 Å². The molecule has 1 aliphatic rings. The van der Waals surface area contributed by atoms with E-state index in [4.69, 9.17) is 9.47 Å². The minimum Gasteiger partial charge on any atom is -0.489 e. The van der Waals surface area contributed by atoms with Gasteiger partial charge in [0, 0.05) is 42.2 Å². The van der Waals surface area contributed by atoms with E-state index in [2.05, 4.69) is 76.9 Å². The number of hydrogen-bond acceptors (Lipinski definition) is 9. The van der Waals surface area contributed by atoms with Crippen LogP contribution in [0.4, 0.5) is 0 Å². The summed E-state index contributed by atoms with van der Waals surface area (Å²) in [5.41, 5.74) is 4.30. The van der Waals surface area contributed by atoms with E-state index in [0.717, 1.165) is 49.1 Å². The van der Waals surface area contributed by atoms with Crippen LogP contribution in [0.25, 0.3) is 16.6 Å². The van der Waals surface area contributed by atoms with Crippen LogP contribution >= 0.6 is 11.9 Å². The molecule has 4 aromatic rings. The molecule has 1 fully saturated rings. The second-order valence-electron chi connectivity index (χ2n) is 13.1. The van der Waals surface area contributed by atoms with Crippen molar-refractivity contribution in [2.24, 2.45) is 0 Å². The van der Waals surface area contributed by atoms with Crippen LogP contribution in [-0.4, -0.2) is 61.8 Å². The van der Waals surface area contributed by atoms with Crippen molar-refractivity contribution in [1.82, 2.24) is 24.2 Å². The number of aromatic nitrogens is 3. The maximum atomic E-state index is 10.2. The Bertz CT molecular complexity index is 1610. The van der Waals surface area contributed by atoms with Crippen LogP contribution in [0.3, 0.4) is 0 Å². The Hall–Kier alpha value is -3.62. The average Bonchev–Trinajstić information content (AvgIpc) is 3.42. The van der Waals surface area contributed by atoms with Gasteiger partial charge in [0.05, 0.1) is 41.7 Å². The molecule has 0 atom stereocenters. The van der Waals surface area contributed by atoms with Crippen LogP contribution in [0.2, 0.25) is 0 Å². The molecule has 1 saturated heterocycles. The molecule has 0 saturated carbocycles. The third-order valence-corrected chi connectivity index (χ3v) is 8.83. The third-order valence-electron chi connectivity index (χ3n) is 7.72. The van der Waals surface area contributed by atoms with E-state index in [1.807, 2.05) is 18.3 Å². The number of nitrogens with one attached hydrogen (secondary N) is 1. The molecule has 0 spiro atoms. The zero-order valence-corrected chi connectivity index (χ0v) is 27.2. The van der Waals surface area contributed by atoms with Crippen molar-refractivity contribution in [3.05, 3.63) is 77.7 Å². The summed E-state index contributed by atoms with van der Waals surface area (Å²) < 4.78 is 16.8. The summed E-state index contributed by atoms with van der Waals surface area (Å²) in [4.78, 5) is 6.86. The minimum atomic E-state index is -0.980. The molecule has 2 N–H and O–H groups in total. The molecule has 232 valence electrons. The van der Waals surface area contributed by atoms with Gasteiger partial charge in [0.15, 0.2) is 0 Å². The molecule has 5 rings (SSSR count). The summed E-state index contributed by atoms with van der Waals surface area (Å²) >= 11 is 1.78. The quantitative estimate of drug-likeness (QED) is 0.209. The monoisotopic (exact) mass is 614 g/mol. The summed E-state index contributed by atoms with van der Waals surface area (Å²) in [7, 11) is 1.63. The van der Waals surface area contributed by atoms with Crippen molar-refractivity contribution in [1.29, 1.82) is 5.26 Å². The Morgan fingerprint density at radius 1 is 1.07 bits per heavy atom. The van der Waals surface area contributed by atoms with Gasteiger partial charge in [-0.2, -0.15) is 10.4 Å². The number of likely N-dealkylation sites (tertiary alicyclic amines) is 1. The van der Waals surface area contributed by atoms with Gasteiger partial charge in [-0.3, -0.25) is 9.62 Å². The highest BCUT2D eigenvalue weighted by Crippen LogP contribution is 2.39. The second-order valence-corrected chi connectivity index (χ2v) is 14.7. The Morgan fingerprint density at radius 3 is 2.39 bits per heavy atom. The Labute approximate surface area is 264 Å². The lowest BCUT2D eigenvalue weighted by molar-refractivity contribution is 0.0283. The largest absolute Gasteiger partial charge is 0.489 e. The van der Waals surface area contributed by atoms with Crippen LogP contribution < -0.4 is 14.2 Å². The molecule has 1 aliphatic heterocycles. The standard InChI is InChI=1S/C34H42N6O3S/c1-32(2,3)44-38-34(13-15-39(16-14-34)21-24-7-12-30(42-6)36-19-24)27-10-8-25(9-11-27)29-17-28(43-23-33(4,5)41)22-40-31(29)26(18-35)20-37-40/h7-12,17,19-20,22,38,41H,13-16,21,23H2,1-6H3. The third kappa shape index (κ3) is 7.53. The molecule has 0 bridgehead atoms. The average molecular weight is 615 g/mol. The van der Waals surface area contributed by atoms with Crippen molar-refractivity contribution in [2.45, 2.75) is 69.9 Å². The van der Waals surface area contributed by atoms with Gasteiger partial charge in [-0.05, 0) is 70.2 Å². The van der Waals surface area contributed by atoms with E-state index < -0.39 is 5.60 Å². The SMILES string of the molecule is COc1ccc(CN2CCC(NSC(C)(C)C)(c3ccc(-c4cc(OCC(C)(C)O)cn5ncc(C#N)c45)cc3)CC2)cn1. The van der Waals surface area contributed by atoms with E-state index >= 15 is 0 Å². The Balaban J connectivity index is 1.42. The van der Waals surface area contributed by atoms with E-state index in [1.165, 1.54) is 11.1 Å². The molecule has 0 amide bonds. The van der Waals surface area contributed by atoms with E-state index in [9.17, 15) is 10.4 Å². The first-order valence-electron chi connectivity index (χ1n) is 14.9. The molecular formula is C34H42N6O3S. The summed E-state index contributed by atoms with van der Waals surface area (Å²) in [5.74, 6) is 1.20. The first kappa shape index (κ1) is 31.8. The van der Waals surface area contributed by atoms with Gasteiger partial charge >= 0.3 is 0 Å². The van der Waals surface area contributed by atoms with Crippen LogP contribution in [-0.2, 0) is 12.1 Å². The topological polar surface area (TPSA) is 108 Å². The predicted octanol–water partition coefficient (Wildman–Crippen LogP) is 5.95. The van der Waals surface area contributed by atoms with Gasteiger partial charge in [0.2, 0.25) is 5.88 Å². The van der Waals surface area contributed by atoms with Gasteiger partial charge in [-0.1, -0.05) is 42.3 Å². The predicted molar refractivity (Wildman–Crippen MR) is 175 cm³/mol. The van der Waals surface area contributed by atoms with Gasteiger partial charge in [-0.25, -0.2) is 9.50 Å². The summed E-state index contributed by atoms with van der Waals surface area (Å²) in [6.45, 7) is 13.0. The lowest BCUT2D eigenvalue weighted by atomic mass is 9.81. The van der Waals surface area contributed by atoms with Gasteiger partial charge in [0.1, 0.15) is 18.4 Å². The Morgan fingerprint density at radius 2 is 1.80 bits per heavy atom. The molecule has 9 nitrogen and oxygen atoms in total. The van der Waals surface area contributed by atoms with Crippen molar-refractivity contribution in [3.8, 4) is 28.8 Å². The maximum Gasteiger partial charge on any atom is 0.212 e. The number of ether oxygens (including phenoxy) is 2. The number of methoxy groups -OCH3 is 1. The number of rotatable bonds is 10. The lowest BCUT2D eigenvalue weighted by Crippen LogP contribution is -2.49. The second kappa shape index (κ2) is 12.8. The summed E-state index contributed by atoms with van der Waals surface area (Å²) in [6, 6.07) is 16.9. The van der Waals surface area contributed by atoms with E-state index in [-0.39, 0.29) is 16.9 Å². The first-order chi connectivity index (χ1) is 20.9. The normalized spacial score (nSPS) is 15.7. The molecule has 0 radical (unpaired) electrons. The minimum absolute atomic E-state index is 0.0592. The number of nitrogens with zero attached hydrogens (tertiary/aromatic N) is 5. The molecule has 0 unspecified atom stereocenters. The highest BCUT2D eigenvalue weighted by atomic mass is 32.2. The summed E-state index contributed by atoms with van der Waals surface area (Å²) in [6.07, 6.45) is 7.14. The lowest BCUT2D eigenvalue weighted by Gasteiger charge is -2.44. The number of piperidine rings is 1. The zero-order valence-electron chi connectivity index (χ0n) is 26.4. The van der Waals surface area contributed by atoms with Gasteiger partial charge < -0.3 is 14.6 Å². The number of pyridine rings is 2. The summed E-state index contributed by atoms with van der Waals surface area (Å²) in [5, 5.41) is 24.4. The molecule has 4 heterocycles. The highest BCUT2D eigenvalue weighted by Gasteiger charge is 2.37. The fraction of sp³-hybridized carbons (Fsp3) is 0.441. The molecule has 44 heavy (non-hydrogen) atoms. The number of benzene rings is 1. The number of fused-ring (bicyclic) bond motifs is 1. The molecule has 3 aromatic heterocycles. The van der Waals surface area contributed by atoms with Gasteiger partial charge in [-0.15, -0.1) is 0 Å². The van der Waals surface area contributed by atoms with Gasteiger partial charge in [0.25, 0.3) is 0 Å². The van der Waals surface area contributed by atoms with Crippen molar-refractivity contribution < 1.29 is 14.6 Å². The first-order valence-corrected chi connectivity index (χ1v) is 15.7. The fourth-order valence-corrected chi connectivity index (χ4v) is 6.21. The van der Waals surface area contributed by atoms with Crippen molar-refractivity contribution in [3.63, 3.8) is 0 Å². The fourth-order valence-electron chi connectivity index (χ4n) is 5.38. The van der Waals surface area contributed by atoms with Crippen molar-refractivity contribution >= 4 is 17.5 Å². The van der Waals surface area contributed by atoms with E-state index in [1.54, 1.807) is 49.8 Å². The smallest absolute Gasteiger partial charge is 0.212 e. The number of hydrogen-bond donors (Lipinski definition) is 2. The van der Waals surface area contributed by atoms with E-state index in [0.29, 0.717) is 17.2 Å². The Kier molecular flexibility index (Phi) is 9.23. The van der Waals surface area contributed by atoms with Crippen LogP contribution in [0.5, 0.6) is 11.6 Å². The van der Waals surface area contributed by atoms with Crippen LogP contribution in [0.1, 0.15) is 64.2 Å². The van der Waals surface area contributed by atoms with Crippen molar-refractivity contribution in [2.75, 3.05) is 26.8 Å². The zero-order chi connectivity index (χ0) is 31.5. The van der Waals surface area contributed by atoms with Crippen LogP contribution in [0.15, 0.2) is 61.1 Å². The molecule has 0 aliphatic carbocycles. The molecule has 1 aromatic carbocycles. The maximum absolute atomic E-state index is 10.2. The molecule has 10 heteroatoms. The molecular weight excluding hydrogens is 572 g/mol. The highest BCUT2D eigenvalue weighted by molar-refractivity contribution is 7.98. The number of aliphatic hydroxyl groups is 1.